The van der Waals surface area contributed by atoms with Gasteiger partial charge in [-0.2, -0.15) is 0 Å². The van der Waals surface area contributed by atoms with Gasteiger partial charge in [0.15, 0.2) is 10.1 Å². The highest BCUT2D eigenvalue weighted by molar-refractivity contribution is 6.71. The smallest absolute Gasteiger partial charge is 0.233 e. The Labute approximate surface area is 149 Å². The Morgan fingerprint density at radius 3 is 1.05 bits per heavy atom. The number of ether oxygens (including phenoxy) is 1. The zero-order chi connectivity index (χ0) is 15.5. The largest absolute Gasteiger partial charge is 0.329 e. The van der Waals surface area contributed by atoms with E-state index in [0.717, 1.165) is 0 Å². The Bertz CT molecular complexity index is 265. The molecule has 0 N–H and O–H groups in total. The van der Waals surface area contributed by atoms with Crippen LogP contribution in [0.5, 0.6) is 0 Å². The Balaban J connectivity index is 5.41. The lowest BCUT2D eigenvalue weighted by atomic mass is 10.2. The fourth-order valence-electron chi connectivity index (χ4n) is 1.00. The highest BCUT2D eigenvalue weighted by Gasteiger charge is 2.58. The van der Waals surface area contributed by atoms with Crippen molar-refractivity contribution in [3.05, 3.63) is 0 Å². The summed E-state index contributed by atoms with van der Waals surface area (Å²) in [4.78, 5) is 0. The maximum Gasteiger partial charge on any atom is 0.233 e. The van der Waals surface area contributed by atoms with E-state index in [9.17, 15) is 8.78 Å². The first-order valence-corrected chi connectivity index (χ1v) is 7.69. The van der Waals surface area contributed by atoms with Crippen LogP contribution in [0.15, 0.2) is 0 Å². The van der Waals surface area contributed by atoms with Crippen LogP contribution in [0.4, 0.5) is 8.78 Å². The van der Waals surface area contributed by atoms with Crippen LogP contribution in [0.25, 0.3) is 0 Å². The molecule has 0 saturated heterocycles. The van der Waals surface area contributed by atoms with Gasteiger partial charge in [-0.25, -0.2) is 0 Å². The molecule has 0 fully saturated rings. The second kappa shape index (κ2) is 7.61. The standard InChI is InChI=1S/C8H8Cl8F2O/c9-5(1-3-17,7(11,12)13)19-6(10,2-4-18)8(14,15)16/h1-4H2. The first kappa shape index (κ1) is 21.1. The third-order valence-corrected chi connectivity index (χ3v) is 5.51. The van der Waals surface area contributed by atoms with Gasteiger partial charge in [0.2, 0.25) is 7.59 Å². The zero-order valence-electron chi connectivity index (χ0n) is 9.02. The second-order valence-corrected chi connectivity index (χ2v) is 9.22. The first-order valence-electron chi connectivity index (χ1n) is 4.66. The van der Waals surface area contributed by atoms with Gasteiger partial charge >= 0.3 is 0 Å². The second-order valence-electron chi connectivity index (χ2n) is 3.43. The summed E-state index contributed by atoms with van der Waals surface area (Å²) in [6.45, 7) is -2.00. The third-order valence-electron chi connectivity index (χ3n) is 2.00. The molecular formula is C8H8Cl8F2O. The molecule has 0 radical (unpaired) electrons. The number of rotatable bonds is 6. The summed E-state index contributed by atoms with van der Waals surface area (Å²) in [5, 5.41) is -4.46. The summed E-state index contributed by atoms with van der Waals surface area (Å²) < 4.78 is 25.6. The first-order chi connectivity index (χ1) is 8.33. The van der Waals surface area contributed by atoms with Crippen molar-refractivity contribution in [3.63, 3.8) is 0 Å². The zero-order valence-corrected chi connectivity index (χ0v) is 15.1. The summed E-state index contributed by atoms with van der Waals surface area (Å²) in [7, 11) is 0. The Morgan fingerprint density at radius 2 is 0.895 bits per heavy atom. The molecule has 0 aromatic heterocycles. The minimum atomic E-state index is -2.28. The third kappa shape index (κ3) is 5.69. The lowest BCUT2D eigenvalue weighted by Gasteiger charge is -2.42. The van der Waals surface area contributed by atoms with Crippen molar-refractivity contribution in [2.75, 3.05) is 13.3 Å². The summed E-state index contributed by atoms with van der Waals surface area (Å²) in [6.07, 6.45) is -1.13. The van der Waals surface area contributed by atoms with Crippen LogP contribution in [0, 0.1) is 0 Å². The van der Waals surface area contributed by atoms with E-state index in [-0.39, 0.29) is 0 Å². The molecule has 0 bridgehead atoms. The number of halogens is 10. The van der Waals surface area contributed by atoms with Gasteiger partial charge in [-0.05, 0) is 0 Å². The van der Waals surface area contributed by atoms with Gasteiger partial charge in [-0.15, -0.1) is 0 Å². The van der Waals surface area contributed by atoms with E-state index in [1.807, 2.05) is 0 Å². The minimum absolute atomic E-state index is 0.563. The lowest BCUT2D eigenvalue weighted by molar-refractivity contribution is -0.0749. The molecule has 0 aliphatic rings. The van der Waals surface area contributed by atoms with Gasteiger partial charge < -0.3 is 4.74 Å². The predicted molar refractivity (Wildman–Crippen MR) is 80.0 cm³/mol. The molecule has 0 rings (SSSR count). The topological polar surface area (TPSA) is 9.23 Å². The minimum Gasteiger partial charge on any atom is -0.329 e. The van der Waals surface area contributed by atoms with E-state index in [0.29, 0.717) is 0 Å². The lowest BCUT2D eigenvalue weighted by Crippen LogP contribution is -2.52. The molecule has 2 atom stereocenters. The molecule has 116 valence electrons. The van der Waals surface area contributed by atoms with E-state index in [2.05, 4.69) is 0 Å². The highest BCUT2D eigenvalue weighted by atomic mass is 35.6. The van der Waals surface area contributed by atoms with Gasteiger partial charge in [-0.3, -0.25) is 8.78 Å². The van der Waals surface area contributed by atoms with Crippen molar-refractivity contribution in [1.82, 2.24) is 0 Å². The van der Waals surface area contributed by atoms with E-state index >= 15 is 0 Å². The molecule has 0 aromatic carbocycles. The van der Waals surface area contributed by atoms with Gasteiger partial charge in [0.1, 0.15) is 0 Å². The average molecular weight is 442 g/mol. The Kier molecular flexibility index (Phi) is 8.47. The van der Waals surface area contributed by atoms with Crippen LogP contribution in [0.1, 0.15) is 12.8 Å². The van der Waals surface area contributed by atoms with Crippen LogP contribution < -0.4 is 0 Å². The van der Waals surface area contributed by atoms with Crippen molar-refractivity contribution in [2.24, 2.45) is 0 Å². The van der Waals surface area contributed by atoms with Crippen molar-refractivity contribution < 1.29 is 13.5 Å². The van der Waals surface area contributed by atoms with Crippen LogP contribution in [0.3, 0.4) is 0 Å². The van der Waals surface area contributed by atoms with Crippen LogP contribution in [-0.2, 0) is 4.74 Å². The average Bonchev–Trinajstić information content (AvgIpc) is 2.14. The molecule has 0 aromatic rings. The molecule has 0 amide bonds. The van der Waals surface area contributed by atoms with E-state index in [4.69, 9.17) is 97.5 Å². The SMILES string of the molecule is FCCC(Cl)(OC(Cl)(CCF)C(Cl)(Cl)Cl)C(Cl)(Cl)Cl. The van der Waals surface area contributed by atoms with Gasteiger partial charge in [0.05, 0.1) is 13.3 Å². The normalized spacial score (nSPS) is 19.9. The monoisotopic (exact) mass is 438 g/mol. The maximum absolute atomic E-state index is 12.5. The maximum atomic E-state index is 12.5. The number of alkyl halides is 10. The van der Waals surface area contributed by atoms with Crippen LogP contribution in [-0.4, -0.2) is 31.1 Å². The molecular weight excluding hydrogens is 434 g/mol. The molecule has 0 heterocycles. The van der Waals surface area contributed by atoms with E-state index in [1.165, 1.54) is 0 Å². The molecule has 1 nitrogen and oxygen atoms in total. The van der Waals surface area contributed by atoms with Crippen molar-refractivity contribution in [2.45, 2.75) is 30.5 Å². The molecule has 0 spiro atoms. The highest BCUT2D eigenvalue weighted by Crippen LogP contribution is 2.54. The molecule has 19 heavy (non-hydrogen) atoms. The van der Waals surface area contributed by atoms with Gasteiger partial charge in [0, 0.05) is 12.8 Å². The molecule has 11 heteroatoms. The van der Waals surface area contributed by atoms with Crippen LogP contribution >= 0.6 is 92.8 Å². The molecule has 0 aliphatic heterocycles. The molecule has 0 aliphatic carbocycles. The number of hydrogen-bond acceptors (Lipinski definition) is 1. The van der Waals surface area contributed by atoms with Crippen molar-refractivity contribution in [3.8, 4) is 0 Å². The number of hydrogen-bond donors (Lipinski definition) is 0. The fraction of sp³-hybridized carbons (Fsp3) is 1.00. The van der Waals surface area contributed by atoms with Crippen LogP contribution in [0.2, 0.25) is 0 Å². The molecule has 0 saturated carbocycles. The fourth-order valence-corrected chi connectivity index (χ4v) is 2.24. The summed E-state index contributed by atoms with van der Waals surface area (Å²) in [5.74, 6) is 0. The molecule has 2 unspecified atom stereocenters. The summed E-state index contributed by atoms with van der Waals surface area (Å²) in [6, 6.07) is 0. The summed E-state index contributed by atoms with van der Waals surface area (Å²) in [5.41, 5.74) is 0. The predicted octanol–water partition coefficient (Wildman–Crippen LogP) is 6.33. The van der Waals surface area contributed by atoms with Crippen molar-refractivity contribution in [1.29, 1.82) is 0 Å². The Hall–Kier alpha value is 2.14. The Morgan fingerprint density at radius 1 is 0.632 bits per heavy atom. The van der Waals surface area contributed by atoms with E-state index < -0.39 is 43.9 Å². The van der Waals surface area contributed by atoms with E-state index in [1.54, 1.807) is 0 Å². The quantitative estimate of drug-likeness (QED) is 0.437. The van der Waals surface area contributed by atoms with Gasteiger partial charge in [-0.1, -0.05) is 92.8 Å². The van der Waals surface area contributed by atoms with Gasteiger partial charge in [0.25, 0.3) is 0 Å². The van der Waals surface area contributed by atoms with Crippen molar-refractivity contribution >= 4 is 92.8 Å². The summed E-state index contributed by atoms with van der Waals surface area (Å²) >= 11 is 45.4.